The second kappa shape index (κ2) is 8.52. The second-order valence-electron chi connectivity index (χ2n) is 6.23. The SMILES string of the molecule is CCC(=O)N(C)c1cccc(Br)c1COc1cc(C)c(CC)cc1C. The molecule has 25 heavy (non-hydrogen) atoms. The maximum Gasteiger partial charge on any atom is 0.226 e. The second-order valence-corrected chi connectivity index (χ2v) is 7.08. The zero-order valence-electron chi connectivity index (χ0n) is 15.6. The van der Waals surface area contributed by atoms with Crippen LogP contribution in [0.4, 0.5) is 5.69 Å². The van der Waals surface area contributed by atoms with E-state index in [1.54, 1.807) is 4.90 Å². The van der Waals surface area contributed by atoms with Gasteiger partial charge in [-0.25, -0.2) is 0 Å². The summed E-state index contributed by atoms with van der Waals surface area (Å²) < 4.78 is 7.06. The summed E-state index contributed by atoms with van der Waals surface area (Å²) in [6.07, 6.45) is 1.49. The summed E-state index contributed by atoms with van der Waals surface area (Å²) in [7, 11) is 1.81. The molecule has 2 rings (SSSR count). The van der Waals surface area contributed by atoms with Crippen LogP contribution in [0.15, 0.2) is 34.8 Å². The minimum Gasteiger partial charge on any atom is -0.489 e. The van der Waals surface area contributed by atoms with Crippen molar-refractivity contribution in [3.63, 3.8) is 0 Å². The first-order valence-electron chi connectivity index (χ1n) is 8.65. The molecule has 0 saturated heterocycles. The van der Waals surface area contributed by atoms with Gasteiger partial charge in [0.25, 0.3) is 0 Å². The molecule has 0 spiro atoms. The smallest absolute Gasteiger partial charge is 0.226 e. The van der Waals surface area contributed by atoms with E-state index in [1.165, 1.54) is 11.1 Å². The van der Waals surface area contributed by atoms with Gasteiger partial charge < -0.3 is 9.64 Å². The van der Waals surface area contributed by atoms with E-state index in [9.17, 15) is 4.79 Å². The highest BCUT2D eigenvalue weighted by Gasteiger charge is 2.16. The predicted molar refractivity (Wildman–Crippen MR) is 107 cm³/mol. The first-order chi connectivity index (χ1) is 11.9. The normalized spacial score (nSPS) is 10.6. The van der Waals surface area contributed by atoms with E-state index in [2.05, 4.69) is 48.8 Å². The number of hydrogen-bond donors (Lipinski definition) is 0. The first kappa shape index (κ1) is 19.5. The molecular weight excluding hydrogens is 378 g/mol. The van der Waals surface area contributed by atoms with Crippen molar-refractivity contribution in [2.24, 2.45) is 0 Å². The first-order valence-corrected chi connectivity index (χ1v) is 9.45. The number of hydrogen-bond acceptors (Lipinski definition) is 2. The lowest BCUT2D eigenvalue weighted by Crippen LogP contribution is -2.26. The van der Waals surface area contributed by atoms with Crippen molar-refractivity contribution in [3.05, 3.63) is 57.1 Å². The van der Waals surface area contributed by atoms with Gasteiger partial charge in [0.1, 0.15) is 12.4 Å². The number of carbonyl (C=O) groups excluding carboxylic acids is 1. The Morgan fingerprint density at radius 1 is 1.16 bits per heavy atom. The Kier molecular flexibility index (Phi) is 6.65. The number of ether oxygens (including phenoxy) is 1. The molecule has 0 radical (unpaired) electrons. The monoisotopic (exact) mass is 403 g/mol. The van der Waals surface area contributed by atoms with Gasteiger partial charge in [-0.15, -0.1) is 0 Å². The quantitative estimate of drug-likeness (QED) is 0.629. The van der Waals surface area contributed by atoms with Gasteiger partial charge in [0.05, 0.1) is 5.69 Å². The molecule has 4 heteroatoms. The number of aryl methyl sites for hydroxylation is 3. The van der Waals surface area contributed by atoms with Crippen LogP contribution in [-0.2, 0) is 17.8 Å². The van der Waals surface area contributed by atoms with Crippen molar-refractivity contribution in [1.29, 1.82) is 0 Å². The Labute approximate surface area is 159 Å². The van der Waals surface area contributed by atoms with Crippen molar-refractivity contribution in [2.45, 2.75) is 47.1 Å². The van der Waals surface area contributed by atoms with Gasteiger partial charge in [-0.2, -0.15) is 0 Å². The van der Waals surface area contributed by atoms with Crippen molar-refractivity contribution in [3.8, 4) is 5.75 Å². The van der Waals surface area contributed by atoms with Crippen LogP contribution in [-0.4, -0.2) is 13.0 Å². The van der Waals surface area contributed by atoms with E-state index in [-0.39, 0.29) is 5.91 Å². The van der Waals surface area contributed by atoms with Gasteiger partial charge in [-0.3, -0.25) is 4.79 Å². The molecule has 2 aromatic carbocycles. The number of amides is 1. The standard InChI is InChI=1S/C21H26BrNO2/c1-6-16-11-15(4)20(12-14(16)3)25-13-17-18(22)9-8-10-19(17)23(5)21(24)7-2/h8-12H,6-7,13H2,1-5H3. The maximum absolute atomic E-state index is 12.1. The van der Waals surface area contributed by atoms with E-state index in [4.69, 9.17) is 4.74 Å². The third-order valence-electron chi connectivity index (χ3n) is 4.52. The Bertz CT molecular complexity index is 771. The summed E-state index contributed by atoms with van der Waals surface area (Å²) >= 11 is 3.60. The van der Waals surface area contributed by atoms with Crippen LogP contribution >= 0.6 is 15.9 Å². The summed E-state index contributed by atoms with van der Waals surface area (Å²) in [4.78, 5) is 13.8. The lowest BCUT2D eigenvalue weighted by Gasteiger charge is -2.22. The molecular formula is C21H26BrNO2. The molecule has 134 valence electrons. The highest BCUT2D eigenvalue weighted by molar-refractivity contribution is 9.10. The average molecular weight is 404 g/mol. The van der Waals surface area contributed by atoms with Crippen LogP contribution in [0.1, 0.15) is 42.5 Å². The van der Waals surface area contributed by atoms with E-state index >= 15 is 0 Å². The van der Waals surface area contributed by atoms with Crippen LogP contribution < -0.4 is 9.64 Å². The maximum atomic E-state index is 12.1. The van der Waals surface area contributed by atoms with Crippen molar-refractivity contribution in [2.75, 3.05) is 11.9 Å². The zero-order valence-corrected chi connectivity index (χ0v) is 17.2. The van der Waals surface area contributed by atoms with Gasteiger partial charge in [-0.1, -0.05) is 41.9 Å². The molecule has 0 aliphatic rings. The largest absolute Gasteiger partial charge is 0.489 e. The molecule has 0 unspecified atom stereocenters. The van der Waals surface area contributed by atoms with E-state index in [0.717, 1.165) is 33.5 Å². The lowest BCUT2D eigenvalue weighted by molar-refractivity contribution is -0.118. The Hall–Kier alpha value is -1.81. The van der Waals surface area contributed by atoms with Gasteiger partial charge in [0, 0.05) is 23.5 Å². The van der Waals surface area contributed by atoms with Gasteiger partial charge in [0.15, 0.2) is 0 Å². The molecule has 0 aliphatic carbocycles. The van der Waals surface area contributed by atoms with E-state index in [0.29, 0.717) is 13.0 Å². The fourth-order valence-electron chi connectivity index (χ4n) is 2.91. The minimum absolute atomic E-state index is 0.0821. The van der Waals surface area contributed by atoms with Gasteiger partial charge >= 0.3 is 0 Å². The van der Waals surface area contributed by atoms with Crippen LogP contribution in [0.2, 0.25) is 0 Å². The van der Waals surface area contributed by atoms with Crippen molar-refractivity contribution >= 4 is 27.5 Å². The van der Waals surface area contributed by atoms with E-state index in [1.807, 2.05) is 32.2 Å². The predicted octanol–water partition coefficient (Wildman–Crippen LogP) is 5.58. The molecule has 0 atom stereocenters. The zero-order chi connectivity index (χ0) is 18.6. The topological polar surface area (TPSA) is 29.5 Å². The molecule has 3 nitrogen and oxygen atoms in total. The molecule has 0 fully saturated rings. The number of halogens is 1. The van der Waals surface area contributed by atoms with Crippen LogP contribution in [0.3, 0.4) is 0 Å². The number of anilines is 1. The average Bonchev–Trinajstić information content (AvgIpc) is 2.61. The Morgan fingerprint density at radius 3 is 2.52 bits per heavy atom. The molecule has 0 aromatic heterocycles. The Morgan fingerprint density at radius 2 is 1.88 bits per heavy atom. The fraction of sp³-hybridized carbons (Fsp3) is 0.381. The van der Waals surface area contributed by atoms with Crippen LogP contribution in [0.25, 0.3) is 0 Å². The van der Waals surface area contributed by atoms with Gasteiger partial charge in [0.2, 0.25) is 5.91 Å². The Balaban J connectivity index is 2.30. The summed E-state index contributed by atoms with van der Waals surface area (Å²) in [5.74, 6) is 0.972. The third kappa shape index (κ3) is 4.43. The summed E-state index contributed by atoms with van der Waals surface area (Å²) in [6, 6.07) is 10.2. The summed E-state index contributed by atoms with van der Waals surface area (Å²) in [6.45, 7) is 8.62. The molecule has 2 aromatic rings. The minimum atomic E-state index is 0.0821. The van der Waals surface area contributed by atoms with Crippen molar-refractivity contribution < 1.29 is 9.53 Å². The molecule has 0 heterocycles. The molecule has 0 saturated carbocycles. The number of rotatable bonds is 6. The summed E-state index contributed by atoms with van der Waals surface area (Å²) in [5.41, 5.74) is 5.58. The third-order valence-corrected chi connectivity index (χ3v) is 5.26. The fourth-order valence-corrected chi connectivity index (χ4v) is 3.38. The number of carbonyl (C=O) groups is 1. The molecule has 0 N–H and O–H groups in total. The highest BCUT2D eigenvalue weighted by Crippen LogP contribution is 2.30. The molecule has 0 bridgehead atoms. The number of nitrogens with zero attached hydrogens (tertiary/aromatic N) is 1. The highest BCUT2D eigenvalue weighted by atomic mass is 79.9. The van der Waals surface area contributed by atoms with E-state index < -0.39 is 0 Å². The number of benzene rings is 2. The van der Waals surface area contributed by atoms with Crippen molar-refractivity contribution in [1.82, 2.24) is 0 Å². The van der Waals surface area contributed by atoms with Gasteiger partial charge in [-0.05, 0) is 55.2 Å². The molecule has 0 aliphatic heterocycles. The lowest BCUT2D eigenvalue weighted by atomic mass is 10.0. The van der Waals surface area contributed by atoms with Crippen LogP contribution in [0.5, 0.6) is 5.75 Å². The van der Waals surface area contributed by atoms with Crippen LogP contribution in [0, 0.1) is 13.8 Å². The molecule has 1 amide bonds. The summed E-state index contributed by atoms with van der Waals surface area (Å²) in [5, 5.41) is 0.